The first-order valence-electron chi connectivity index (χ1n) is 3.81. The third-order valence-electron chi connectivity index (χ3n) is 1.85. The lowest BCUT2D eigenvalue weighted by Crippen LogP contribution is -2.02. The average Bonchev–Trinajstić information content (AvgIpc) is 2.12. The van der Waals surface area contributed by atoms with Crippen LogP contribution in [0, 0.1) is 17.5 Å². The molecule has 0 heterocycles. The van der Waals surface area contributed by atoms with Crippen LogP contribution in [0.15, 0.2) is 12.1 Å². The molecule has 1 atom stereocenters. The monoisotopic (exact) mass is 190 g/mol. The number of aliphatic hydroxyl groups is 1. The van der Waals surface area contributed by atoms with Crippen LogP contribution in [0.3, 0.4) is 0 Å². The van der Waals surface area contributed by atoms with E-state index < -0.39 is 23.4 Å². The molecule has 0 amide bonds. The maximum Gasteiger partial charge on any atom is 0.194 e. The first-order chi connectivity index (χ1) is 6.06. The van der Waals surface area contributed by atoms with Gasteiger partial charge in [-0.15, -0.1) is 0 Å². The summed E-state index contributed by atoms with van der Waals surface area (Å²) in [4.78, 5) is 0. The summed E-state index contributed by atoms with van der Waals surface area (Å²) in [5.74, 6) is -4.33. The second kappa shape index (κ2) is 3.79. The fourth-order valence-corrected chi connectivity index (χ4v) is 0.965. The van der Waals surface area contributed by atoms with Crippen LogP contribution in [0.5, 0.6) is 0 Å². The molecule has 1 aromatic rings. The van der Waals surface area contributed by atoms with Crippen LogP contribution >= 0.6 is 0 Å². The van der Waals surface area contributed by atoms with Gasteiger partial charge in [0.2, 0.25) is 0 Å². The van der Waals surface area contributed by atoms with Crippen molar-refractivity contribution in [1.29, 1.82) is 0 Å². The fraction of sp³-hybridized carbons (Fsp3) is 0.333. The van der Waals surface area contributed by atoms with Gasteiger partial charge in [-0.25, -0.2) is 13.2 Å². The van der Waals surface area contributed by atoms with Gasteiger partial charge in [-0.2, -0.15) is 0 Å². The highest BCUT2D eigenvalue weighted by molar-refractivity contribution is 5.22. The highest BCUT2D eigenvalue weighted by atomic mass is 19.2. The van der Waals surface area contributed by atoms with Crippen molar-refractivity contribution in [3.8, 4) is 0 Å². The number of hydrogen-bond acceptors (Lipinski definition) is 1. The predicted octanol–water partition coefficient (Wildman–Crippen LogP) is 2.20. The largest absolute Gasteiger partial charge is 0.396 e. The zero-order valence-corrected chi connectivity index (χ0v) is 7.02. The zero-order valence-electron chi connectivity index (χ0n) is 7.02. The molecule has 0 aliphatic carbocycles. The molecule has 72 valence electrons. The quantitative estimate of drug-likeness (QED) is 0.709. The Hall–Kier alpha value is -1.03. The van der Waals surface area contributed by atoms with Crippen molar-refractivity contribution in [2.24, 2.45) is 0 Å². The van der Waals surface area contributed by atoms with E-state index in [-0.39, 0.29) is 12.2 Å². The summed E-state index contributed by atoms with van der Waals surface area (Å²) < 4.78 is 37.7. The van der Waals surface area contributed by atoms with E-state index in [0.717, 1.165) is 12.1 Å². The second-order valence-electron chi connectivity index (χ2n) is 2.88. The van der Waals surface area contributed by atoms with Gasteiger partial charge in [-0.1, -0.05) is 6.92 Å². The predicted molar refractivity (Wildman–Crippen MR) is 41.8 cm³/mol. The molecular weight excluding hydrogens is 181 g/mol. The molecule has 1 rings (SSSR count). The lowest BCUT2D eigenvalue weighted by atomic mass is 10.0. The van der Waals surface area contributed by atoms with E-state index >= 15 is 0 Å². The second-order valence-corrected chi connectivity index (χ2v) is 2.88. The van der Waals surface area contributed by atoms with Gasteiger partial charge in [0, 0.05) is 12.5 Å². The summed E-state index contributed by atoms with van der Waals surface area (Å²) in [6, 6.07) is 1.78. The van der Waals surface area contributed by atoms with Gasteiger partial charge in [0.1, 0.15) is 0 Å². The normalized spacial score (nSPS) is 13.0. The molecule has 1 nitrogen and oxygen atoms in total. The van der Waals surface area contributed by atoms with Crippen LogP contribution in [-0.2, 0) is 0 Å². The van der Waals surface area contributed by atoms with Crippen molar-refractivity contribution in [2.45, 2.75) is 12.8 Å². The summed E-state index contributed by atoms with van der Waals surface area (Å²) in [6.07, 6.45) is 0. The minimum atomic E-state index is -1.48. The average molecular weight is 190 g/mol. The Labute approximate surface area is 73.8 Å². The van der Waals surface area contributed by atoms with Crippen molar-refractivity contribution in [2.75, 3.05) is 6.61 Å². The van der Waals surface area contributed by atoms with E-state index in [0.29, 0.717) is 0 Å². The van der Waals surface area contributed by atoms with E-state index in [2.05, 4.69) is 0 Å². The van der Waals surface area contributed by atoms with Crippen LogP contribution in [0.1, 0.15) is 18.4 Å². The molecule has 13 heavy (non-hydrogen) atoms. The van der Waals surface area contributed by atoms with Crippen molar-refractivity contribution in [3.05, 3.63) is 35.1 Å². The summed E-state index contributed by atoms with van der Waals surface area (Å²) in [6.45, 7) is 1.36. The highest BCUT2D eigenvalue weighted by Crippen LogP contribution is 2.19. The first kappa shape index (κ1) is 10.1. The maximum absolute atomic E-state index is 12.6. The number of rotatable bonds is 2. The number of aliphatic hydroxyl groups excluding tert-OH is 1. The van der Waals surface area contributed by atoms with Gasteiger partial charge < -0.3 is 5.11 Å². The molecule has 4 heteroatoms. The van der Waals surface area contributed by atoms with Gasteiger partial charge in [-0.05, 0) is 17.7 Å². The van der Waals surface area contributed by atoms with Crippen LogP contribution in [0.4, 0.5) is 13.2 Å². The van der Waals surface area contributed by atoms with Crippen molar-refractivity contribution in [1.82, 2.24) is 0 Å². The molecule has 1 unspecified atom stereocenters. The van der Waals surface area contributed by atoms with Crippen LogP contribution in [0.2, 0.25) is 0 Å². The number of hydrogen-bond donors (Lipinski definition) is 1. The van der Waals surface area contributed by atoms with Crippen molar-refractivity contribution < 1.29 is 18.3 Å². The maximum atomic E-state index is 12.6. The Morgan fingerprint density at radius 1 is 1.23 bits per heavy atom. The van der Waals surface area contributed by atoms with Gasteiger partial charge in [-0.3, -0.25) is 0 Å². The topological polar surface area (TPSA) is 20.2 Å². The standard InChI is InChI=1S/C9H9F3O/c1-5(4-13)6-2-7(10)9(12)8(11)3-6/h2-3,5,13H,4H2,1H3. The Balaban J connectivity index is 3.13. The van der Waals surface area contributed by atoms with E-state index in [1.807, 2.05) is 0 Å². The summed E-state index contributed by atoms with van der Waals surface area (Å²) in [5, 5.41) is 8.70. The SMILES string of the molecule is CC(CO)c1cc(F)c(F)c(F)c1. The van der Waals surface area contributed by atoms with Crippen molar-refractivity contribution >= 4 is 0 Å². The van der Waals surface area contributed by atoms with Gasteiger partial charge in [0.05, 0.1) is 0 Å². The smallest absolute Gasteiger partial charge is 0.194 e. The third kappa shape index (κ3) is 2.01. The Morgan fingerprint density at radius 2 is 1.69 bits per heavy atom. The molecule has 1 N–H and O–H groups in total. The molecule has 0 aliphatic rings. The lowest BCUT2D eigenvalue weighted by molar-refractivity contribution is 0.272. The van der Waals surface area contributed by atoms with Gasteiger partial charge >= 0.3 is 0 Å². The minimum Gasteiger partial charge on any atom is -0.396 e. The molecule has 1 aromatic carbocycles. The van der Waals surface area contributed by atoms with E-state index in [4.69, 9.17) is 5.11 Å². The Bertz CT molecular complexity index is 289. The minimum absolute atomic E-state index is 0.232. The highest BCUT2D eigenvalue weighted by Gasteiger charge is 2.13. The fourth-order valence-electron chi connectivity index (χ4n) is 0.965. The molecule has 0 bridgehead atoms. The third-order valence-corrected chi connectivity index (χ3v) is 1.85. The summed E-state index contributed by atoms with van der Waals surface area (Å²) in [5.41, 5.74) is 0.249. The lowest BCUT2D eigenvalue weighted by Gasteiger charge is -2.08. The van der Waals surface area contributed by atoms with Crippen LogP contribution in [0.25, 0.3) is 0 Å². The molecule has 0 saturated carbocycles. The molecule has 0 spiro atoms. The first-order valence-corrected chi connectivity index (χ1v) is 3.81. The number of benzene rings is 1. The summed E-state index contributed by atoms with van der Waals surface area (Å²) in [7, 11) is 0. The molecule has 0 fully saturated rings. The van der Waals surface area contributed by atoms with E-state index in [1.54, 1.807) is 6.92 Å². The van der Waals surface area contributed by atoms with E-state index in [9.17, 15) is 13.2 Å². The Morgan fingerprint density at radius 3 is 2.08 bits per heavy atom. The van der Waals surface area contributed by atoms with Gasteiger partial charge in [0.15, 0.2) is 17.5 Å². The molecule has 0 aliphatic heterocycles. The Kier molecular flexibility index (Phi) is 2.93. The molecule has 0 aromatic heterocycles. The van der Waals surface area contributed by atoms with Crippen molar-refractivity contribution in [3.63, 3.8) is 0 Å². The van der Waals surface area contributed by atoms with Gasteiger partial charge in [0.25, 0.3) is 0 Å². The zero-order chi connectivity index (χ0) is 10.0. The molecule has 0 radical (unpaired) electrons. The molecule has 0 saturated heterocycles. The summed E-state index contributed by atoms with van der Waals surface area (Å²) >= 11 is 0. The van der Waals surface area contributed by atoms with E-state index in [1.165, 1.54) is 0 Å². The van der Waals surface area contributed by atoms with Crippen LogP contribution < -0.4 is 0 Å². The number of halogens is 3. The molecular formula is C9H9F3O. The van der Waals surface area contributed by atoms with Crippen LogP contribution in [-0.4, -0.2) is 11.7 Å².